The predicted octanol–water partition coefficient (Wildman–Crippen LogP) is 1.86. The molecule has 0 aliphatic carbocycles. The largest absolute Gasteiger partial charge is 0.317 e. The fourth-order valence-electron chi connectivity index (χ4n) is 2.61. The van der Waals surface area contributed by atoms with Crippen LogP contribution in [0.4, 0.5) is 11.8 Å². The van der Waals surface area contributed by atoms with E-state index in [-0.39, 0.29) is 0 Å². The summed E-state index contributed by atoms with van der Waals surface area (Å²) in [5.74, 6) is 2.90. The molecule has 0 saturated carbocycles. The highest BCUT2D eigenvalue weighted by Gasteiger charge is 2.15. The Morgan fingerprint density at radius 2 is 1.95 bits per heavy atom. The molecule has 0 aromatic carbocycles. The van der Waals surface area contributed by atoms with Crippen LogP contribution in [0.3, 0.4) is 0 Å². The first-order chi connectivity index (χ1) is 10.3. The van der Waals surface area contributed by atoms with Crippen LogP contribution in [-0.2, 0) is 6.42 Å². The van der Waals surface area contributed by atoms with Crippen molar-refractivity contribution in [3.05, 3.63) is 36.0 Å². The van der Waals surface area contributed by atoms with Crippen molar-refractivity contribution in [1.82, 2.24) is 25.3 Å². The van der Waals surface area contributed by atoms with Crippen molar-refractivity contribution in [2.24, 2.45) is 5.92 Å². The normalized spacial score (nSPS) is 15.9. The fourth-order valence-corrected chi connectivity index (χ4v) is 2.61. The Hall–Kier alpha value is -2.08. The van der Waals surface area contributed by atoms with Crippen LogP contribution in [0.2, 0.25) is 0 Å². The summed E-state index contributed by atoms with van der Waals surface area (Å²) in [4.78, 5) is 17.5. The number of piperidine rings is 1. The molecule has 1 saturated heterocycles. The van der Waals surface area contributed by atoms with Crippen LogP contribution >= 0.6 is 0 Å². The van der Waals surface area contributed by atoms with Gasteiger partial charge in [0.05, 0.1) is 0 Å². The van der Waals surface area contributed by atoms with E-state index in [1.165, 1.54) is 12.8 Å². The average molecular weight is 284 g/mol. The number of anilines is 2. The SMILES string of the molecule is Cc1cc(Nc2ncccn2)nc(CC2CCNCC2)n1. The van der Waals surface area contributed by atoms with Crippen molar-refractivity contribution >= 4 is 11.8 Å². The highest BCUT2D eigenvalue weighted by molar-refractivity contribution is 5.47. The number of hydrogen-bond donors (Lipinski definition) is 2. The molecule has 2 aromatic heterocycles. The molecule has 0 radical (unpaired) electrons. The number of nitrogens with zero attached hydrogens (tertiary/aromatic N) is 4. The molecule has 0 unspecified atom stereocenters. The molecular formula is C15H20N6. The quantitative estimate of drug-likeness (QED) is 0.892. The molecule has 6 nitrogen and oxygen atoms in total. The maximum atomic E-state index is 4.60. The van der Waals surface area contributed by atoms with Crippen LogP contribution in [-0.4, -0.2) is 33.0 Å². The second-order valence-electron chi connectivity index (χ2n) is 5.41. The van der Waals surface area contributed by atoms with Gasteiger partial charge in [-0.2, -0.15) is 0 Å². The van der Waals surface area contributed by atoms with Gasteiger partial charge in [-0.05, 0) is 44.8 Å². The highest BCUT2D eigenvalue weighted by Crippen LogP contribution is 2.18. The molecule has 1 aliphatic heterocycles. The molecule has 2 aromatic rings. The maximum Gasteiger partial charge on any atom is 0.228 e. The summed E-state index contributed by atoms with van der Waals surface area (Å²) in [6.45, 7) is 4.18. The van der Waals surface area contributed by atoms with Crippen LogP contribution in [0, 0.1) is 12.8 Å². The summed E-state index contributed by atoms with van der Waals surface area (Å²) in [7, 11) is 0. The Labute approximate surface area is 124 Å². The summed E-state index contributed by atoms with van der Waals surface area (Å²) >= 11 is 0. The van der Waals surface area contributed by atoms with Crippen molar-refractivity contribution in [3.8, 4) is 0 Å². The molecule has 110 valence electrons. The first-order valence-corrected chi connectivity index (χ1v) is 7.39. The molecule has 6 heteroatoms. The van der Waals surface area contributed by atoms with Gasteiger partial charge in [0.1, 0.15) is 11.6 Å². The van der Waals surface area contributed by atoms with Crippen molar-refractivity contribution in [1.29, 1.82) is 0 Å². The topological polar surface area (TPSA) is 75.6 Å². The van der Waals surface area contributed by atoms with Gasteiger partial charge in [0.15, 0.2) is 0 Å². The minimum Gasteiger partial charge on any atom is -0.317 e. The lowest BCUT2D eigenvalue weighted by atomic mass is 9.94. The number of aromatic nitrogens is 4. The van der Waals surface area contributed by atoms with Gasteiger partial charge in [-0.25, -0.2) is 19.9 Å². The van der Waals surface area contributed by atoms with Gasteiger partial charge in [0.25, 0.3) is 0 Å². The van der Waals surface area contributed by atoms with E-state index in [0.717, 1.165) is 36.8 Å². The lowest BCUT2D eigenvalue weighted by molar-refractivity contribution is 0.367. The zero-order valence-electron chi connectivity index (χ0n) is 12.2. The minimum atomic E-state index is 0.559. The molecular weight excluding hydrogens is 264 g/mol. The summed E-state index contributed by atoms with van der Waals surface area (Å²) in [5.41, 5.74) is 0.965. The van der Waals surface area contributed by atoms with E-state index in [9.17, 15) is 0 Å². The van der Waals surface area contributed by atoms with Crippen molar-refractivity contribution in [2.75, 3.05) is 18.4 Å². The van der Waals surface area contributed by atoms with Crippen LogP contribution < -0.4 is 10.6 Å². The smallest absolute Gasteiger partial charge is 0.228 e. The minimum absolute atomic E-state index is 0.559. The van der Waals surface area contributed by atoms with Crippen molar-refractivity contribution < 1.29 is 0 Å². The summed E-state index contributed by atoms with van der Waals surface area (Å²) in [6, 6.07) is 3.71. The Balaban J connectivity index is 1.73. The van der Waals surface area contributed by atoms with E-state index in [2.05, 4.69) is 30.6 Å². The first-order valence-electron chi connectivity index (χ1n) is 7.39. The van der Waals surface area contributed by atoms with Gasteiger partial charge in [-0.3, -0.25) is 0 Å². The van der Waals surface area contributed by atoms with Gasteiger partial charge >= 0.3 is 0 Å². The molecule has 1 fully saturated rings. The Bertz CT molecular complexity index is 580. The molecule has 1 aliphatic rings. The molecule has 0 atom stereocenters. The van der Waals surface area contributed by atoms with Crippen LogP contribution in [0.1, 0.15) is 24.4 Å². The Morgan fingerprint density at radius 1 is 1.19 bits per heavy atom. The molecule has 0 bridgehead atoms. The third-order valence-corrected chi connectivity index (χ3v) is 3.64. The van der Waals surface area contributed by atoms with Gasteiger partial charge < -0.3 is 10.6 Å². The van der Waals surface area contributed by atoms with Crippen LogP contribution in [0.25, 0.3) is 0 Å². The van der Waals surface area contributed by atoms with Gasteiger partial charge in [-0.15, -0.1) is 0 Å². The Kier molecular flexibility index (Phi) is 4.35. The molecule has 3 heterocycles. The van der Waals surface area contributed by atoms with Gasteiger partial charge in [0.2, 0.25) is 5.95 Å². The Morgan fingerprint density at radius 3 is 2.71 bits per heavy atom. The maximum absolute atomic E-state index is 4.60. The van der Waals surface area contributed by atoms with E-state index in [0.29, 0.717) is 11.9 Å². The van der Waals surface area contributed by atoms with Crippen molar-refractivity contribution in [3.63, 3.8) is 0 Å². The van der Waals surface area contributed by atoms with E-state index >= 15 is 0 Å². The van der Waals surface area contributed by atoms with E-state index in [1.807, 2.05) is 13.0 Å². The zero-order valence-corrected chi connectivity index (χ0v) is 12.2. The van der Waals surface area contributed by atoms with Gasteiger partial charge in [-0.1, -0.05) is 0 Å². The zero-order chi connectivity index (χ0) is 14.5. The first kappa shape index (κ1) is 13.9. The summed E-state index contributed by atoms with van der Waals surface area (Å²) in [5, 5.41) is 6.52. The van der Waals surface area contributed by atoms with E-state index < -0.39 is 0 Å². The second-order valence-corrected chi connectivity index (χ2v) is 5.41. The van der Waals surface area contributed by atoms with Crippen LogP contribution in [0.15, 0.2) is 24.5 Å². The van der Waals surface area contributed by atoms with E-state index in [1.54, 1.807) is 18.5 Å². The predicted molar refractivity (Wildman–Crippen MR) is 81.4 cm³/mol. The molecule has 3 rings (SSSR count). The third-order valence-electron chi connectivity index (χ3n) is 3.64. The molecule has 2 N–H and O–H groups in total. The fraction of sp³-hybridized carbons (Fsp3) is 0.467. The standard InChI is InChI=1S/C15H20N6/c1-11-9-13(21-15-17-5-2-6-18-15)20-14(19-11)10-12-3-7-16-8-4-12/h2,5-6,9,12,16H,3-4,7-8,10H2,1H3,(H,17,18,19,20,21). The lowest BCUT2D eigenvalue weighted by Gasteiger charge is -2.22. The second kappa shape index (κ2) is 6.58. The molecule has 0 amide bonds. The average Bonchev–Trinajstić information content (AvgIpc) is 2.48. The van der Waals surface area contributed by atoms with Crippen molar-refractivity contribution in [2.45, 2.75) is 26.2 Å². The monoisotopic (exact) mass is 284 g/mol. The van der Waals surface area contributed by atoms with E-state index in [4.69, 9.17) is 0 Å². The number of aryl methyl sites for hydroxylation is 1. The highest BCUT2D eigenvalue weighted by atomic mass is 15.1. The molecule has 0 spiro atoms. The summed E-state index contributed by atoms with van der Waals surface area (Å²) in [6.07, 6.45) is 6.75. The number of hydrogen-bond acceptors (Lipinski definition) is 6. The van der Waals surface area contributed by atoms with Gasteiger partial charge in [0, 0.05) is 30.6 Å². The molecule has 21 heavy (non-hydrogen) atoms. The number of rotatable bonds is 4. The van der Waals surface area contributed by atoms with Crippen LogP contribution in [0.5, 0.6) is 0 Å². The third kappa shape index (κ3) is 3.95. The lowest BCUT2D eigenvalue weighted by Crippen LogP contribution is -2.29. The number of nitrogens with one attached hydrogen (secondary N) is 2. The summed E-state index contributed by atoms with van der Waals surface area (Å²) < 4.78 is 0.